The number of carbonyl (C=O) groups excluding carboxylic acids is 4. The van der Waals surface area contributed by atoms with Gasteiger partial charge in [0.05, 0.1) is 32.8 Å². The van der Waals surface area contributed by atoms with Crippen LogP contribution < -0.4 is 0 Å². The molecule has 0 rings (SSSR count). The van der Waals surface area contributed by atoms with Crippen LogP contribution in [0.2, 0.25) is 0 Å². The van der Waals surface area contributed by atoms with Crippen molar-refractivity contribution < 1.29 is 43.2 Å². The summed E-state index contributed by atoms with van der Waals surface area (Å²) < 4.78 is 20.0. The molecule has 508 valence electrons. The van der Waals surface area contributed by atoms with Gasteiger partial charge in [-0.3, -0.25) is 9.59 Å². The van der Waals surface area contributed by atoms with E-state index >= 15 is 0 Å². The summed E-state index contributed by atoms with van der Waals surface area (Å²) >= 11 is 12.9. The highest BCUT2D eigenvalue weighted by Gasteiger charge is 2.12. The Morgan fingerprint density at radius 3 is 1.07 bits per heavy atom. The van der Waals surface area contributed by atoms with Gasteiger partial charge in [-0.05, 0) is 84.1 Å². The third-order valence-corrected chi connectivity index (χ3v) is 18.3. The van der Waals surface area contributed by atoms with E-state index in [-0.39, 0.29) is 12.6 Å². The lowest BCUT2D eigenvalue weighted by Crippen LogP contribution is -2.35. The molecule has 1 N–H and O–H groups in total. The number of thiol groups is 4. The summed E-state index contributed by atoms with van der Waals surface area (Å²) in [5.41, 5.74) is 0. The Kier molecular flexibility index (Phi) is 111. The van der Waals surface area contributed by atoms with Crippen molar-refractivity contribution in [1.29, 1.82) is 0 Å². The Morgan fingerprint density at radius 1 is 0.381 bits per heavy atom. The smallest absolute Gasteiger partial charge is 0.307 e. The zero-order valence-corrected chi connectivity index (χ0v) is 62.0. The number of ether oxygens (including phenoxy) is 4. The number of methoxy groups -OCH3 is 2. The maximum absolute atomic E-state index is 12.2. The van der Waals surface area contributed by atoms with E-state index in [0.29, 0.717) is 52.0 Å². The number of unbranched alkanes of at least 4 members (excludes halogenated alkanes) is 24. The van der Waals surface area contributed by atoms with E-state index in [4.69, 9.17) is 14.2 Å². The van der Waals surface area contributed by atoms with Crippen molar-refractivity contribution in [2.75, 3.05) is 129 Å². The largest absolute Gasteiger partial charge is 0.468 e. The Hall–Kier alpha value is 0.840. The fourth-order valence-corrected chi connectivity index (χ4v) is 12.7. The minimum absolute atomic E-state index is 0.148. The monoisotopic (exact) mass is 1350 g/mol. The Morgan fingerprint density at radius 2 is 0.714 bits per heavy atom. The van der Waals surface area contributed by atoms with Crippen LogP contribution in [-0.2, 0) is 38.1 Å². The van der Waals surface area contributed by atoms with Crippen molar-refractivity contribution in [3.8, 4) is 0 Å². The van der Waals surface area contributed by atoms with E-state index in [1.54, 1.807) is 14.2 Å². The van der Waals surface area contributed by atoms with Gasteiger partial charge in [-0.2, -0.15) is 0 Å². The summed E-state index contributed by atoms with van der Waals surface area (Å²) in [4.78, 5) is 50.7. The van der Waals surface area contributed by atoms with Crippen LogP contribution in [0.3, 0.4) is 0 Å². The standard InChI is InChI=1S/C31H61N3O5.C11H22O2.2C11H24OS2.2H2S2/c1-3-5-6-7-8-9-10-11-30-39-31(38)17-26-34(25-16-29-37)22-13-21-33(24-15-28-36)20-12-19-32(18-4-2)23-14-27-35;1-2-3-4-5-6-7-8-9-10-13-11-12;2*1-3-4-5-6-7-8-10-13-14-11-9-12-2;2*1-2/h27,29,36H,3-26,28,30H2,1-2H3;11H,2-10H2,1H3;2*3-11H2,1-2H3;2*1-2H. The first kappa shape index (κ1) is 95.9. The Labute approximate surface area is 557 Å². The lowest BCUT2D eigenvalue weighted by atomic mass is 10.1. The number of aliphatic hydroxyl groups excluding tert-OH is 1. The number of aldehydes is 2. The lowest BCUT2D eigenvalue weighted by molar-refractivity contribution is -0.144. The van der Waals surface area contributed by atoms with Gasteiger partial charge in [0.1, 0.15) is 12.6 Å². The molecule has 0 aromatic carbocycles. The molecule has 0 saturated heterocycles. The minimum Gasteiger partial charge on any atom is -0.468 e. The van der Waals surface area contributed by atoms with Gasteiger partial charge in [-0.1, -0.05) is 232 Å². The first-order chi connectivity index (χ1) is 41.3. The second-order valence-corrected chi connectivity index (χ2v) is 26.3. The highest BCUT2D eigenvalue weighted by atomic mass is 33.1. The maximum atomic E-state index is 12.2. The van der Waals surface area contributed by atoms with E-state index in [1.807, 2.05) is 43.2 Å². The molecule has 84 heavy (non-hydrogen) atoms. The van der Waals surface area contributed by atoms with Crippen LogP contribution in [0.4, 0.5) is 0 Å². The summed E-state index contributed by atoms with van der Waals surface area (Å²) in [6.07, 6.45) is 44.0. The fourth-order valence-electron chi connectivity index (χ4n) is 8.59. The third kappa shape index (κ3) is 96.5. The second kappa shape index (κ2) is 97.4. The quantitative estimate of drug-likeness (QED) is 0.0130. The molecule has 12 nitrogen and oxygen atoms in total. The van der Waals surface area contributed by atoms with E-state index in [9.17, 15) is 24.3 Å². The van der Waals surface area contributed by atoms with Gasteiger partial charge in [0.25, 0.3) is 6.47 Å². The molecule has 20 heteroatoms. The molecular formula is C64H135N3O9S8. The number of rotatable bonds is 63. The zero-order chi connectivity index (χ0) is 63.6. The SMILES string of the molecule is CCCCCCCCCCOC(=O)CCN(CCC=O)CCCN(CCCO)CCCN(CCC)CCC=O.CCCCCCCCCCOC=O.CCCCCCCCSSCCOC.CCCCCCCCSSCCOC.SS.SS. The molecule has 0 aromatic rings. The van der Waals surface area contributed by atoms with E-state index in [1.165, 1.54) is 172 Å². The summed E-state index contributed by atoms with van der Waals surface area (Å²) in [6, 6.07) is 0. The highest BCUT2D eigenvalue weighted by Crippen LogP contribution is 2.23. The summed E-state index contributed by atoms with van der Waals surface area (Å²) in [6.45, 7) is 22.4. The maximum Gasteiger partial charge on any atom is 0.307 e. The molecule has 0 bridgehead atoms. The molecular weight excluding hydrogens is 1210 g/mol. The zero-order valence-electron chi connectivity index (χ0n) is 55.2. The van der Waals surface area contributed by atoms with Gasteiger partial charge in [0.2, 0.25) is 0 Å². The van der Waals surface area contributed by atoms with Crippen LogP contribution >= 0.6 is 89.8 Å². The average molecular weight is 1350 g/mol. The van der Waals surface area contributed by atoms with Gasteiger partial charge in [-0.15, -0.1) is 46.6 Å². The first-order valence-electron chi connectivity index (χ1n) is 33.1. The number of aliphatic hydroxyl groups is 1. The molecule has 0 fully saturated rings. The van der Waals surface area contributed by atoms with Crippen LogP contribution in [0.15, 0.2) is 0 Å². The van der Waals surface area contributed by atoms with E-state index in [2.05, 4.69) is 101 Å². The van der Waals surface area contributed by atoms with Crippen LogP contribution in [0.1, 0.15) is 259 Å². The molecule has 0 aliphatic carbocycles. The van der Waals surface area contributed by atoms with Crippen LogP contribution in [0, 0.1) is 0 Å². The summed E-state index contributed by atoms with van der Waals surface area (Å²) in [7, 11) is 11.4. The van der Waals surface area contributed by atoms with Gasteiger partial charge >= 0.3 is 5.97 Å². The van der Waals surface area contributed by atoms with Crippen molar-refractivity contribution in [2.45, 2.75) is 259 Å². The number of hydrogen-bond acceptors (Lipinski definition) is 20. The molecule has 0 saturated carbocycles. The molecule has 0 aliphatic rings. The van der Waals surface area contributed by atoms with Crippen molar-refractivity contribution in [1.82, 2.24) is 14.7 Å². The normalized spacial score (nSPS) is 10.6. The molecule has 0 spiro atoms. The molecule has 0 heterocycles. The molecule has 0 aromatic heterocycles. The average Bonchev–Trinajstić information content (AvgIpc) is 3.53. The van der Waals surface area contributed by atoms with Crippen LogP contribution in [0.25, 0.3) is 0 Å². The van der Waals surface area contributed by atoms with Gasteiger partial charge in [-0.25, -0.2) is 0 Å². The van der Waals surface area contributed by atoms with Gasteiger partial charge in [0.15, 0.2) is 0 Å². The topological polar surface area (TPSA) is 135 Å². The first-order valence-corrected chi connectivity index (χ1v) is 41.3. The Bertz CT molecular complexity index is 1130. The van der Waals surface area contributed by atoms with Crippen molar-refractivity contribution in [2.24, 2.45) is 0 Å². The highest BCUT2D eigenvalue weighted by molar-refractivity contribution is 8.77. The van der Waals surface area contributed by atoms with Gasteiger partial charge in [0, 0.05) is 82.9 Å². The lowest BCUT2D eigenvalue weighted by Gasteiger charge is -2.27. The molecule has 0 unspecified atom stereocenters. The number of nitrogens with zero attached hydrogens (tertiary/aromatic N) is 3. The van der Waals surface area contributed by atoms with Crippen molar-refractivity contribution in [3.63, 3.8) is 0 Å². The number of esters is 1. The van der Waals surface area contributed by atoms with Crippen LogP contribution in [0.5, 0.6) is 0 Å². The van der Waals surface area contributed by atoms with Gasteiger partial charge < -0.3 is 48.3 Å². The predicted molar refractivity (Wildman–Crippen MR) is 391 cm³/mol. The Balaban J connectivity index is -0.000000275. The van der Waals surface area contributed by atoms with Crippen molar-refractivity contribution >= 4 is 115 Å². The number of carbonyl (C=O) groups is 4. The van der Waals surface area contributed by atoms with E-state index in [0.717, 1.165) is 128 Å². The predicted octanol–water partition coefficient (Wildman–Crippen LogP) is 18.3. The molecule has 0 radical (unpaired) electrons. The molecule has 0 aliphatic heterocycles. The summed E-state index contributed by atoms with van der Waals surface area (Å²) in [5, 5.41) is 9.32. The molecule has 0 amide bonds. The molecule has 0 atom stereocenters. The second-order valence-electron chi connectivity index (χ2n) is 20.9. The third-order valence-electron chi connectivity index (χ3n) is 13.3. The van der Waals surface area contributed by atoms with E-state index < -0.39 is 0 Å². The minimum atomic E-state index is -0.148. The number of hydrogen-bond donors (Lipinski definition) is 5. The fraction of sp³-hybridized carbons (Fsp3) is 0.938. The summed E-state index contributed by atoms with van der Waals surface area (Å²) in [5.74, 6) is 4.71. The van der Waals surface area contributed by atoms with Crippen LogP contribution in [-0.4, -0.2) is 174 Å². The van der Waals surface area contributed by atoms with Crippen molar-refractivity contribution in [3.05, 3.63) is 0 Å².